The first-order valence-corrected chi connectivity index (χ1v) is 17.4. The molecule has 5 N–H and O–H groups in total. The number of phenols is 1. The van der Waals surface area contributed by atoms with E-state index >= 15 is 0 Å². The predicted octanol–water partition coefficient (Wildman–Crippen LogP) is 3.54. The number of ether oxygens (including phenoxy) is 1. The minimum atomic E-state index is -3.61. The molecule has 0 saturated carbocycles. The average Bonchev–Trinajstić information content (AvgIpc) is 3.95. The van der Waals surface area contributed by atoms with Crippen molar-refractivity contribution >= 4 is 32.6 Å². The number of aromatic nitrogens is 6. The summed E-state index contributed by atoms with van der Waals surface area (Å²) in [5.74, 6) is -1.37. The summed E-state index contributed by atoms with van der Waals surface area (Å²) in [6.45, 7) is 0. The minimum absolute atomic E-state index is 0.0352. The van der Waals surface area contributed by atoms with Crippen LogP contribution in [0.5, 0.6) is 23.0 Å². The van der Waals surface area contributed by atoms with Gasteiger partial charge in [-0.1, -0.05) is 0 Å². The van der Waals surface area contributed by atoms with Gasteiger partial charge in [0.15, 0.2) is 33.0 Å². The number of hydrogen-bond acceptors (Lipinski definition) is 13. The fourth-order valence-corrected chi connectivity index (χ4v) is 7.67. The van der Waals surface area contributed by atoms with Crippen molar-refractivity contribution < 1.29 is 42.0 Å². The number of benzene rings is 4. The summed E-state index contributed by atoms with van der Waals surface area (Å²) in [5.41, 5.74) is 13.5. The third-order valence-electron chi connectivity index (χ3n) is 8.64. The number of nitrogens with zero attached hydrogens (tertiary/aromatic N) is 6. The Balaban J connectivity index is 1.17. The van der Waals surface area contributed by atoms with Crippen LogP contribution in [0.2, 0.25) is 0 Å². The zero-order chi connectivity index (χ0) is 37.0. The maximum atomic E-state index is 12.9. The summed E-state index contributed by atoms with van der Waals surface area (Å²) < 4.78 is 39.3. The zero-order valence-electron chi connectivity index (χ0n) is 27.5. The first-order chi connectivity index (χ1) is 25.5. The lowest BCUT2D eigenvalue weighted by Crippen LogP contribution is -2.18. The van der Waals surface area contributed by atoms with Gasteiger partial charge in [0.2, 0.25) is 11.6 Å². The SMILES string of the molecule is COc1ccc(-n2c(C(N)=O)nnc2-c2ccc3c(c2OOc2ccc(-n4c(C(N)=O)nnc4-c4cc5ccoc5cc4O)cc2)CCS3(=O)=O)cc1. The molecule has 0 saturated heterocycles. The topological polar surface area (TPSA) is 243 Å². The van der Waals surface area contributed by atoms with E-state index < -0.39 is 21.7 Å². The number of nitrogens with two attached hydrogens (primary N) is 2. The summed E-state index contributed by atoms with van der Waals surface area (Å²) in [7, 11) is -2.09. The molecule has 1 aliphatic heterocycles. The third kappa shape index (κ3) is 5.62. The number of aromatic hydroxyl groups is 1. The second-order valence-electron chi connectivity index (χ2n) is 11.8. The number of sulfone groups is 1. The highest BCUT2D eigenvalue weighted by Gasteiger charge is 2.34. The molecule has 0 radical (unpaired) electrons. The number of furan rings is 1. The standard InChI is InChI=1S/C35H26N8O9S/c1-49-21-6-2-19(3-7-21)42-32(38-40-34(42)30(36)45)24-10-11-28-23(13-15-53(28,47)48)29(24)52-51-22-8-4-20(5-9-22)43-33(39-41-35(43)31(37)46)25-16-18-12-14-50-27(18)17-26(25)44/h2-12,14,16-17,44H,13,15H2,1H3,(H2,36,45)(H2,37,46). The normalized spacial score (nSPS) is 13.2. The lowest BCUT2D eigenvalue weighted by molar-refractivity contribution is -0.100. The molecule has 53 heavy (non-hydrogen) atoms. The van der Waals surface area contributed by atoms with E-state index in [0.717, 1.165) is 0 Å². The van der Waals surface area contributed by atoms with Crippen LogP contribution in [0.25, 0.3) is 45.1 Å². The molecule has 1 aliphatic rings. The minimum Gasteiger partial charge on any atom is -0.507 e. The van der Waals surface area contributed by atoms with Crippen molar-refractivity contribution in [2.24, 2.45) is 11.5 Å². The molecule has 0 unspecified atom stereocenters. The van der Waals surface area contributed by atoms with Crippen LogP contribution in [0.3, 0.4) is 0 Å². The fourth-order valence-electron chi connectivity index (χ4n) is 6.13. The molecule has 17 nitrogen and oxygen atoms in total. The molecule has 18 heteroatoms. The second-order valence-corrected chi connectivity index (χ2v) is 13.8. The highest BCUT2D eigenvalue weighted by molar-refractivity contribution is 7.91. The molecule has 0 fully saturated rings. The monoisotopic (exact) mass is 734 g/mol. The summed E-state index contributed by atoms with van der Waals surface area (Å²) in [5, 5.41) is 27.8. The number of methoxy groups -OCH3 is 1. The Kier molecular flexibility index (Phi) is 7.79. The molecule has 266 valence electrons. The van der Waals surface area contributed by atoms with Gasteiger partial charge in [0.05, 0.1) is 35.1 Å². The van der Waals surface area contributed by atoms with Crippen molar-refractivity contribution in [2.75, 3.05) is 12.9 Å². The molecule has 4 aromatic carbocycles. The van der Waals surface area contributed by atoms with E-state index in [1.165, 1.54) is 52.8 Å². The fraction of sp³-hybridized carbons (Fsp3) is 0.0857. The molecule has 0 bridgehead atoms. The molecule has 0 aliphatic carbocycles. The third-order valence-corrected chi connectivity index (χ3v) is 10.4. The van der Waals surface area contributed by atoms with Crippen molar-refractivity contribution in [3.8, 4) is 57.1 Å². The maximum absolute atomic E-state index is 12.9. The van der Waals surface area contributed by atoms with Crippen LogP contribution in [-0.4, -0.2) is 67.7 Å². The van der Waals surface area contributed by atoms with Crippen molar-refractivity contribution in [1.82, 2.24) is 29.5 Å². The number of amides is 2. The molecule has 7 aromatic rings. The Morgan fingerprint density at radius 2 is 1.38 bits per heavy atom. The van der Waals surface area contributed by atoms with Crippen LogP contribution in [-0.2, 0) is 16.3 Å². The maximum Gasteiger partial charge on any atom is 0.287 e. The molecule has 4 heterocycles. The largest absolute Gasteiger partial charge is 0.507 e. The lowest BCUT2D eigenvalue weighted by Gasteiger charge is -2.16. The quantitative estimate of drug-likeness (QED) is 0.135. The van der Waals surface area contributed by atoms with Crippen LogP contribution in [0.4, 0.5) is 0 Å². The van der Waals surface area contributed by atoms with Crippen molar-refractivity contribution in [2.45, 2.75) is 11.3 Å². The molecule has 0 spiro atoms. The number of primary amides is 2. The van der Waals surface area contributed by atoms with Gasteiger partial charge >= 0.3 is 0 Å². The lowest BCUT2D eigenvalue weighted by atomic mass is 10.1. The zero-order valence-corrected chi connectivity index (χ0v) is 28.3. The van der Waals surface area contributed by atoms with Gasteiger partial charge in [-0.2, -0.15) is 0 Å². The van der Waals surface area contributed by atoms with Gasteiger partial charge in [-0.05, 0) is 79.2 Å². The summed E-state index contributed by atoms with van der Waals surface area (Å²) >= 11 is 0. The predicted molar refractivity (Wildman–Crippen MR) is 186 cm³/mol. The Hall–Kier alpha value is -7.21. The van der Waals surface area contributed by atoms with Crippen LogP contribution >= 0.6 is 0 Å². The van der Waals surface area contributed by atoms with Gasteiger partial charge in [-0.25, -0.2) is 8.42 Å². The van der Waals surface area contributed by atoms with Gasteiger partial charge < -0.3 is 25.7 Å². The first-order valence-electron chi connectivity index (χ1n) is 15.7. The van der Waals surface area contributed by atoms with Crippen molar-refractivity contribution in [3.05, 3.63) is 102 Å². The van der Waals surface area contributed by atoms with Gasteiger partial charge in [0, 0.05) is 28.4 Å². The summed E-state index contributed by atoms with van der Waals surface area (Å²) in [4.78, 5) is 36.6. The van der Waals surface area contributed by atoms with Gasteiger partial charge in [-0.15, -0.1) is 20.4 Å². The molecular formula is C35H26N8O9S. The average molecular weight is 735 g/mol. The number of carbonyl (C=O) groups excluding carboxylic acids is 2. The highest BCUT2D eigenvalue weighted by Crippen LogP contribution is 2.42. The van der Waals surface area contributed by atoms with E-state index in [2.05, 4.69) is 20.4 Å². The molecule has 3 aromatic heterocycles. The van der Waals surface area contributed by atoms with E-state index in [0.29, 0.717) is 33.7 Å². The van der Waals surface area contributed by atoms with E-state index in [9.17, 15) is 23.1 Å². The Morgan fingerprint density at radius 1 is 0.774 bits per heavy atom. The van der Waals surface area contributed by atoms with Crippen molar-refractivity contribution in [3.63, 3.8) is 0 Å². The number of fused-ring (bicyclic) bond motifs is 2. The highest BCUT2D eigenvalue weighted by atomic mass is 32.2. The van der Waals surface area contributed by atoms with Crippen LogP contribution in [0.1, 0.15) is 26.8 Å². The van der Waals surface area contributed by atoms with E-state index in [1.54, 1.807) is 48.5 Å². The van der Waals surface area contributed by atoms with E-state index in [-0.39, 0.29) is 68.7 Å². The Morgan fingerprint density at radius 3 is 1.98 bits per heavy atom. The van der Waals surface area contributed by atoms with E-state index in [4.69, 9.17) is 30.4 Å². The first kappa shape index (κ1) is 33.0. The molecular weight excluding hydrogens is 708 g/mol. The number of carbonyl (C=O) groups is 2. The van der Waals surface area contributed by atoms with Crippen molar-refractivity contribution in [1.29, 1.82) is 0 Å². The molecule has 2 amide bonds. The number of rotatable bonds is 10. The van der Waals surface area contributed by atoms with Gasteiger partial charge in [0.25, 0.3) is 11.8 Å². The van der Waals surface area contributed by atoms with Gasteiger partial charge in [-0.3, -0.25) is 28.5 Å². The Labute approximate surface area is 298 Å². The summed E-state index contributed by atoms with van der Waals surface area (Å²) in [6, 6.07) is 20.6. The number of hydrogen-bond donors (Lipinski definition) is 3. The summed E-state index contributed by atoms with van der Waals surface area (Å²) in [6.07, 6.45) is 1.59. The van der Waals surface area contributed by atoms with Crippen LogP contribution < -0.4 is 26.0 Å². The Bertz CT molecular complexity index is 2700. The second kappa shape index (κ2) is 12.5. The molecule has 0 atom stereocenters. The van der Waals surface area contributed by atoms with Crippen LogP contribution in [0, 0.1) is 0 Å². The van der Waals surface area contributed by atoms with Gasteiger partial charge in [0.1, 0.15) is 17.1 Å². The number of phenolic OH excluding ortho intramolecular Hbond substituents is 1. The van der Waals surface area contributed by atoms with Crippen LogP contribution in [0.15, 0.2) is 94.4 Å². The smallest absolute Gasteiger partial charge is 0.287 e. The van der Waals surface area contributed by atoms with E-state index in [1.807, 2.05) is 0 Å². The molecule has 8 rings (SSSR count).